The van der Waals surface area contributed by atoms with Gasteiger partial charge >= 0.3 is 0 Å². The summed E-state index contributed by atoms with van der Waals surface area (Å²) in [5, 5.41) is 4.49. The van der Waals surface area contributed by atoms with Crippen LogP contribution in [-0.2, 0) is 22.6 Å². The average Bonchev–Trinajstić information content (AvgIpc) is 2.64. The molecule has 2 amide bonds. The minimum atomic E-state index is -0.656. The third-order valence-corrected chi connectivity index (χ3v) is 5.50. The molecule has 0 bridgehead atoms. The number of nitrogens with zero attached hydrogens (tertiary/aromatic N) is 1. The fourth-order valence-electron chi connectivity index (χ4n) is 3.10. The first-order valence-corrected chi connectivity index (χ1v) is 10.9. The van der Waals surface area contributed by atoms with E-state index >= 15 is 0 Å². The van der Waals surface area contributed by atoms with Crippen molar-refractivity contribution in [3.05, 3.63) is 68.7 Å². The molecule has 4 nitrogen and oxygen atoms in total. The molecule has 2 rings (SSSR count). The summed E-state index contributed by atoms with van der Waals surface area (Å²) >= 11 is 18.7. The maximum absolute atomic E-state index is 13.3. The minimum absolute atomic E-state index is 0.137. The second-order valence-corrected chi connectivity index (χ2v) is 9.44. The molecular formula is C23H27Cl3N2O2. The lowest BCUT2D eigenvalue weighted by molar-refractivity contribution is -0.141. The van der Waals surface area contributed by atoms with E-state index in [1.165, 1.54) is 0 Å². The number of rotatable bonds is 7. The van der Waals surface area contributed by atoms with Gasteiger partial charge in [0.2, 0.25) is 11.8 Å². The van der Waals surface area contributed by atoms with Crippen molar-refractivity contribution >= 4 is 46.6 Å². The van der Waals surface area contributed by atoms with Crippen LogP contribution in [0.15, 0.2) is 42.5 Å². The lowest BCUT2D eigenvalue weighted by Crippen LogP contribution is -2.53. The molecule has 7 heteroatoms. The smallest absolute Gasteiger partial charge is 0.243 e. The molecule has 1 atom stereocenters. The van der Waals surface area contributed by atoms with Crippen LogP contribution in [-0.4, -0.2) is 28.3 Å². The fraction of sp³-hybridized carbons (Fsp3) is 0.391. The first-order chi connectivity index (χ1) is 14.0. The van der Waals surface area contributed by atoms with E-state index in [4.69, 9.17) is 34.8 Å². The largest absolute Gasteiger partial charge is 0.350 e. The van der Waals surface area contributed by atoms with Crippen molar-refractivity contribution in [3.8, 4) is 0 Å². The van der Waals surface area contributed by atoms with Gasteiger partial charge in [-0.05, 0) is 57.0 Å². The van der Waals surface area contributed by atoms with E-state index < -0.39 is 11.6 Å². The number of hydrogen-bond donors (Lipinski definition) is 1. The Hall–Kier alpha value is -1.75. The molecule has 0 unspecified atom stereocenters. The predicted octanol–water partition coefficient (Wildman–Crippen LogP) is 5.91. The van der Waals surface area contributed by atoms with Gasteiger partial charge in [0.05, 0.1) is 6.42 Å². The second-order valence-electron chi connectivity index (χ2n) is 8.19. The standard InChI is InChI=1S/C23H27Cl3N2O2/c1-5-20(22(30)27-23(2,3)4)28(14-17-18(25)7-6-8-19(17)26)21(29)13-15-9-11-16(24)12-10-15/h6-12,20H,5,13-14H2,1-4H3,(H,27,30)/t20-/m0/s1. The van der Waals surface area contributed by atoms with Gasteiger partial charge < -0.3 is 10.2 Å². The third-order valence-electron chi connectivity index (χ3n) is 4.54. The highest BCUT2D eigenvalue weighted by Gasteiger charge is 2.31. The highest BCUT2D eigenvalue weighted by atomic mass is 35.5. The second kappa shape index (κ2) is 10.5. The molecule has 0 aromatic heterocycles. The summed E-state index contributed by atoms with van der Waals surface area (Å²) in [5.74, 6) is -0.401. The highest BCUT2D eigenvalue weighted by Crippen LogP contribution is 2.27. The topological polar surface area (TPSA) is 49.4 Å². The van der Waals surface area contributed by atoms with Crippen LogP contribution in [0, 0.1) is 0 Å². The van der Waals surface area contributed by atoms with Crippen molar-refractivity contribution in [1.29, 1.82) is 0 Å². The van der Waals surface area contributed by atoms with E-state index in [1.54, 1.807) is 47.4 Å². The van der Waals surface area contributed by atoms with Gasteiger partial charge in [-0.2, -0.15) is 0 Å². The van der Waals surface area contributed by atoms with Crippen molar-refractivity contribution in [3.63, 3.8) is 0 Å². The quantitative estimate of drug-likeness (QED) is 0.548. The van der Waals surface area contributed by atoms with Crippen LogP contribution in [0.3, 0.4) is 0 Å². The number of benzene rings is 2. The molecule has 0 saturated heterocycles. The molecule has 162 valence electrons. The molecule has 2 aromatic rings. The Bertz CT molecular complexity index is 872. The molecule has 0 heterocycles. The van der Waals surface area contributed by atoms with E-state index in [0.717, 1.165) is 5.56 Å². The molecule has 0 aliphatic heterocycles. The molecule has 0 fully saturated rings. The lowest BCUT2D eigenvalue weighted by Gasteiger charge is -2.33. The Balaban J connectivity index is 2.38. The average molecular weight is 470 g/mol. The first kappa shape index (κ1) is 24.5. The van der Waals surface area contributed by atoms with Gasteiger partial charge in [0.25, 0.3) is 0 Å². The van der Waals surface area contributed by atoms with Gasteiger partial charge in [0.15, 0.2) is 0 Å². The molecule has 0 radical (unpaired) electrons. The number of carbonyl (C=O) groups excluding carboxylic acids is 2. The third kappa shape index (κ3) is 6.90. The number of amides is 2. The van der Waals surface area contributed by atoms with Gasteiger partial charge in [0.1, 0.15) is 6.04 Å². The van der Waals surface area contributed by atoms with Crippen molar-refractivity contribution in [2.45, 2.75) is 58.7 Å². The van der Waals surface area contributed by atoms with E-state index in [2.05, 4.69) is 5.32 Å². The Kier molecular flexibility index (Phi) is 8.60. The maximum Gasteiger partial charge on any atom is 0.243 e. The fourth-order valence-corrected chi connectivity index (χ4v) is 3.75. The monoisotopic (exact) mass is 468 g/mol. The number of halogens is 3. The van der Waals surface area contributed by atoms with Crippen LogP contribution in [0.1, 0.15) is 45.2 Å². The Labute approximate surface area is 193 Å². The van der Waals surface area contributed by atoms with Gasteiger partial charge in [-0.15, -0.1) is 0 Å². The molecule has 0 aliphatic carbocycles. The summed E-state index contributed by atoms with van der Waals surface area (Å²) in [4.78, 5) is 27.9. The van der Waals surface area contributed by atoms with Crippen LogP contribution in [0.2, 0.25) is 15.1 Å². The van der Waals surface area contributed by atoms with Crippen molar-refractivity contribution in [1.82, 2.24) is 10.2 Å². The van der Waals surface area contributed by atoms with Gasteiger partial charge in [0, 0.05) is 32.7 Å². The van der Waals surface area contributed by atoms with E-state index in [9.17, 15) is 9.59 Å². The summed E-state index contributed by atoms with van der Waals surface area (Å²) in [6.45, 7) is 7.73. The lowest BCUT2D eigenvalue weighted by atomic mass is 10.0. The highest BCUT2D eigenvalue weighted by molar-refractivity contribution is 6.36. The molecule has 0 aliphatic rings. The first-order valence-electron chi connectivity index (χ1n) is 9.80. The number of nitrogens with one attached hydrogen (secondary N) is 1. The molecular weight excluding hydrogens is 443 g/mol. The summed E-state index contributed by atoms with van der Waals surface area (Å²) < 4.78 is 0. The van der Waals surface area contributed by atoms with Crippen molar-refractivity contribution < 1.29 is 9.59 Å². The minimum Gasteiger partial charge on any atom is -0.350 e. The molecule has 1 N–H and O–H groups in total. The number of carbonyl (C=O) groups is 2. The van der Waals surface area contributed by atoms with Gasteiger partial charge in [-0.3, -0.25) is 9.59 Å². The summed E-state index contributed by atoms with van der Waals surface area (Å²) in [5.41, 5.74) is 1.01. The number of hydrogen-bond acceptors (Lipinski definition) is 2. The summed E-state index contributed by atoms with van der Waals surface area (Å²) in [6, 6.07) is 11.6. The van der Waals surface area contributed by atoms with Gasteiger partial charge in [-0.25, -0.2) is 0 Å². The van der Waals surface area contributed by atoms with Crippen LogP contribution in [0.25, 0.3) is 0 Å². The van der Waals surface area contributed by atoms with E-state index in [-0.39, 0.29) is 24.8 Å². The zero-order valence-corrected chi connectivity index (χ0v) is 19.9. The summed E-state index contributed by atoms with van der Waals surface area (Å²) in [7, 11) is 0. The van der Waals surface area contributed by atoms with E-state index in [0.29, 0.717) is 27.1 Å². The maximum atomic E-state index is 13.3. The van der Waals surface area contributed by atoms with Crippen LogP contribution in [0.4, 0.5) is 0 Å². The van der Waals surface area contributed by atoms with E-state index in [1.807, 2.05) is 27.7 Å². The van der Waals surface area contributed by atoms with Crippen LogP contribution < -0.4 is 5.32 Å². The molecule has 30 heavy (non-hydrogen) atoms. The molecule has 2 aromatic carbocycles. The predicted molar refractivity (Wildman–Crippen MR) is 124 cm³/mol. The van der Waals surface area contributed by atoms with Gasteiger partial charge in [-0.1, -0.05) is 59.9 Å². The SMILES string of the molecule is CC[C@@H](C(=O)NC(C)(C)C)N(Cc1c(Cl)cccc1Cl)C(=O)Cc1ccc(Cl)cc1. The normalized spacial score (nSPS) is 12.4. The van der Waals surface area contributed by atoms with Crippen molar-refractivity contribution in [2.24, 2.45) is 0 Å². The Morgan fingerprint density at radius 1 is 1.00 bits per heavy atom. The molecule has 0 saturated carbocycles. The Morgan fingerprint density at radius 2 is 1.57 bits per heavy atom. The van der Waals surface area contributed by atoms with Crippen molar-refractivity contribution in [2.75, 3.05) is 0 Å². The summed E-state index contributed by atoms with van der Waals surface area (Å²) in [6.07, 6.45) is 0.592. The zero-order chi connectivity index (χ0) is 22.5. The zero-order valence-electron chi connectivity index (χ0n) is 17.6. The Morgan fingerprint density at radius 3 is 2.07 bits per heavy atom. The van der Waals surface area contributed by atoms with Crippen LogP contribution in [0.5, 0.6) is 0 Å². The van der Waals surface area contributed by atoms with Crippen LogP contribution >= 0.6 is 34.8 Å². The molecule has 0 spiro atoms.